The third kappa shape index (κ3) is 3.76. The number of hydrogen-bond acceptors (Lipinski definition) is 4. The molecule has 0 radical (unpaired) electrons. The van der Waals surface area contributed by atoms with Gasteiger partial charge in [-0.25, -0.2) is 0 Å². The van der Waals surface area contributed by atoms with E-state index in [1.807, 2.05) is 35.6 Å². The van der Waals surface area contributed by atoms with Crippen LogP contribution in [0.15, 0.2) is 12.1 Å². The summed E-state index contributed by atoms with van der Waals surface area (Å²) in [5, 5.41) is 11.7. The van der Waals surface area contributed by atoms with Crippen LogP contribution in [0.25, 0.3) is 0 Å². The minimum absolute atomic E-state index is 0.0164. The number of rotatable bonds is 4. The molecule has 1 N–H and O–H groups in total. The normalized spacial score (nSPS) is 19.0. The van der Waals surface area contributed by atoms with Crippen LogP contribution in [0, 0.1) is 19.8 Å². The highest BCUT2D eigenvalue weighted by Crippen LogP contribution is 2.19. The highest BCUT2D eigenvalue weighted by molar-refractivity contribution is 5.92. The van der Waals surface area contributed by atoms with Crippen molar-refractivity contribution in [2.75, 3.05) is 26.7 Å². The van der Waals surface area contributed by atoms with Gasteiger partial charge < -0.3 is 9.80 Å². The summed E-state index contributed by atoms with van der Waals surface area (Å²) in [7, 11) is 2.11. The van der Waals surface area contributed by atoms with Gasteiger partial charge in [-0.3, -0.25) is 14.6 Å². The second-order valence-corrected chi connectivity index (χ2v) is 7.44. The van der Waals surface area contributed by atoms with Crippen molar-refractivity contribution in [3.05, 3.63) is 34.9 Å². The van der Waals surface area contributed by atoms with Crippen LogP contribution in [0.2, 0.25) is 0 Å². The van der Waals surface area contributed by atoms with Crippen LogP contribution in [-0.2, 0) is 6.54 Å². The van der Waals surface area contributed by atoms with Gasteiger partial charge in [-0.05, 0) is 38.9 Å². The number of amides is 1. The van der Waals surface area contributed by atoms with Crippen LogP contribution < -0.4 is 0 Å². The van der Waals surface area contributed by atoms with Crippen molar-refractivity contribution in [3.63, 3.8) is 0 Å². The lowest BCUT2D eigenvalue weighted by Crippen LogP contribution is -2.56. The number of aromatic amines is 1. The monoisotopic (exact) mass is 344 g/mol. The number of nitrogens with zero attached hydrogens (tertiary/aromatic N) is 5. The molecular weight excluding hydrogens is 316 g/mol. The zero-order valence-electron chi connectivity index (χ0n) is 15.8. The van der Waals surface area contributed by atoms with Crippen LogP contribution in [0.3, 0.4) is 0 Å². The molecule has 0 spiro atoms. The molecule has 1 fully saturated rings. The topological polar surface area (TPSA) is 70.1 Å². The Morgan fingerprint density at radius 2 is 2.08 bits per heavy atom. The smallest absolute Gasteiger partial charge is 0.274 e. The zero-order chi connectivity index (χ0) is 18.1. The van der Waals surface area contributed by atoms with E-state index in [2.05, 4.69) is 41.1 Å². The van der Waals surface area contributed by atoms with E-state index in [4.69, 9.17) is 0 Å². The zero-order valence-corrected chi connectivity index (χ0v) is 15.8. The summed E-state index contributed by atoms with van der Waals surface area (Å²) in [5.41, 5.74) is 3.47. The van der Waals surface area contributed by atoms with Crippen molar-refractivity contribution in [2.45, 2.75) is 40.3 Å². The molecule has 136 valence electrons. The van der Waals surface area contributed by atoms with E-state index in [-0.39, 0.29) is 11.9 Å². The van der Waals surface area contributed by atoms with E-state index in [1.54, 1.807) is 0 Å². The van der Waals surface area contributed by atoms with E-state index in [1.165, 1.54) is 0 Å². The van der Waals surface area contributed by atoms with Crippen molar-refractivity contribution in [2.24, 2.45) is 5.92 Å². The molecule has 0 aromatic carbocycles. The van der Waals surface area contributed by atoms with Gasteiger partial charge >= 0.3 is 0 Å². The number of nitrogens with one attached hydrogen (secondary N) is 1. The minimum atomic E-state index is 0.0164. The Labute approximate surface area is 149 Å². The summed E-state index contributed by atoms with van der Waals surface area (Å²) < 4.78 is 1.92. The molecule has 0 bridgehead atoms. The second kappa shape index (κ2) is 7.00. The highest BCUT2D eigenvalue weighted by Gasteiger charge is 2.32. The highest BCUT2D eigenvalue weighted by atomic mass is 16.2. The molecule has 2 aromatic heterocycles. The summed E-state index contributed by atoms with van der Waals surface area (Å²) in [6, 6.07) is 4.12. The molecule has 25 heavy (non-hydrogen) atoms. The van der Waals surface area contributed by atoms with Gasteiger partial charge in [-0.2, -0.15) is 10.2 Å². The molecule has 1 saturated heterocycles. The van der Waals surface area contributed by atoms with E-state index < -0.39 is 0 Å². The number of piperazine rings is 1. The molecule has 3 heterocycles. The number of likely N-dealkylation sites (N-methyl/N-ethyl adjacent to an activating group) is 1. The summed E-state index contributed by atoms with van der Waals surface area (Å²) in [5.74, 6) is 0.433. The first-order valence-corrected chi connectivity index (χ1v) is 8.90. The Hall–Kier alpha value is -2.15. The molecule has 0 unspecified atom stereocenters. The van der Waals surface area contributed by atoms with Gasteiger partial charge in [-0.1, -0.05) is 13.8 Å². The van der Waals surface area contributed by atoms with E-state index in [0.717, 1.165) is 36.7 Å². The molecule has 1 amide bonds. The first-order chi connectivity index (χ1) is 11.8. The maximum absolute atomic E-state index is 13.0. The van der Waals surface area contributed by atoms with Gasteiger partial charge in [0, 0.05) is 31.4 Å². The lowest BCUT2D eigenvalue weighted by Gasteiger charge is -2.41. The Balaban J connectivity index is 1.74. The summed E-state index contributed by atoms with van der Waals surface area (Å²) in [6.07, 6.45) is 0. The fraction of sp³-hybridized carbons (Fsp3) is 0.611. The fourth-order valence-electron chi connectivity index (χ4n) is 3.47. The van der Waals surface area contributed by atoms with E-state index >= 15 is 0 Å². The van der Waals surface area contributed by atoms with Crippen molar-refractivity contribution in [1.82, 2.24) is 29.8 Å². The quantitative estimate of drug-likeness (QED) is 0.916. The maximum Gasteiger partial charge on any atom is 0.274 e. The summed E-state index contributed by atoms with van der Waals surface area (Å²) in [4.78, 5) is 17.2. The molecular formula is C18H28N6O. The predicted octanol–water partition coefficient (Wildman–Crippen LogP) is 1.68. The van der Waals surface area contributed by atoms with Crippen LogP contribution in [0.4, 0.5) is 0 Å². The Morgan fingerprint density at radius 1 is 1.32 bits per heavy atom. The fourth-order valence-corrected chi connectivity index (χ4v) is 3.47. The first kappa shape index (κ1) is 17.7. The lowest BCUT2D eigenvalue weighted by atomic mass is 9.99. The lowest BCUT2D eigenvalue weighted by molar-refractivity contribution is 0.0397. The van der Waals surface area contributed by atoms with Crippen LogP contribution in [0.1, 0.15) is 41.4 Å². The summed E-state index contributed by atoms with van der Waals surface area (Å²) in [6.45, 7) is 11.5. The van der Waals surface area contributed by atoms with E-state index in [0.29, 0.717) is 18.2 Å². The number of aryl methyl sites for hydroxylation is 2. The number of carbonyl (C=O) groups excluding carboxylic acids is 1. The molecule has 1 aliphatic heterocycles. The summed E-state index contributed by atoms with van der Waals surface area (Å²) >= 11 is 0. The van der Waals surface area contributed by atoms with Gasteiger partial charge in [0.2, 0.25) is 0 Å². The SMILES string of the molecule is Cc1cc(C)n(Cc2cc(C(=O)N3CCN(C)C[C@@H]3C(C)C)n[nH]2)n1. The Kier molecular flexibility index (Phi) is 4.94. The average Bonchev–Trinajstić information content (AvgIpc) is 3.13. The largest absolute Gasteiger partial charge is 0.331 e. The molecule has 2 aromatic rings. The Bertz CT molecular complexity index is 747. The molecule has 0 saturated carbocycles. The average molecular weight is 344 g/mol. The standard InChI is InChI=1S/C18H28N6O/c1-12(2)17-11-22(5)6-7-23(17)18(25)16-9-15(19-20-16)10-24-14(4)8-13(3)21-24/h8-9,12,17H,6-7,10-11H2,1-5H3,(H,19,20)/t17-/m1/s1. The molecule has 1 aliphatic rings. The molecule has 7 heteroatoms. The van der Waals surface area contributed by atoms with Gasteiger partial charge in [0.25, 0.3) is 5.91 Å². The maximum atomic E-state index is 13.0. The van der Waals surface area contributed by atoms with Gasteiger partial charge in [0.15, 0.2) is 0 Å². The van der Waals surface area contributed by atoms with Gasteiger partial charge in [-0.15, -0.1) is 0 Å². The van der Waals surface area contributed by atoms with Crippen molar-refractivity contribution in [1.29, 1.82) is 0 Å². The third-order valence-corrected chi connectivity index (χ3v) is 4.93. The van der Waals surface area contributed by atoms with Crippen LogP contribution in [0.5, 0.6) is 0 Å². The second-order valence-electron chi connectivity index (χ2n) is 7.44. The molecule has 1 atom stereocenters. The van der Waals surface area contributed by atoms with Crippen molar-refractivity contribution in [3.8, 4) is 0 Å². The number of aromatic nitrogens is 4. The molecule has 3 rings (SSSR count). The van der Waals surface area contributed by atoms with Crippen molar-refractivity contribution >= 4 is 5.91 Å². The van der Waals surface area contributed by atoms with E-state index in [9.17, 15) is 4.79 Å². The molecule has 7 nitrogen and oxygen atoms in total. The van der Waals surface area contributed by atoms with Gasteiger partial charge in [0.1, 0.15) is 5.69 Å². The number of carbonyl (C=O) groups is 1. The minimum Gasteiger partial charge on any atom is -0.331 e. The van der Waals surface area contributed by atoms with Crippen LogP contribution in [-0.4, -0.2) is 68.4 Å². The predicted molar refractivity (Wildman–Crippen MR) is 96.6 cm³/mol. The number of hydrogen-bond donors (Lipinski definition) is 1. The van der Waals surface area contributed by atoms with Crippen LogP contribution >= 0.6 is 0 Å². The van der Waals surface area contributed by atoms with Gasteiger partial charge in [0.05, 0.1) is 17.9 Å². The third-order valence-electron chi connectivity index (χ3n) is 4.93. The molecule has 0 aliphatic carbocycles. The first-order valence-electron chi connectivity index (χ1n) is 8.90. The van der Waals surface area contributed by atoms with Crippen molar-refractivity contribution < 1.29 is 4.79 Å². The number of H-pyrrole nitrogens is 1. The Morgan fingerprint density at radius 3 is 2.72 bits per heavy atom.